The predicted molar refractivity (Wildman–Crippen MR) is 52.3 cm³/mol. The number of hydrogen-bond acceptors (Lipinski definition) is 4. The van der Waals surface area contributed by atoms with Crippen molar-refractivity contribution in [1.82, 2.24) is 0 Å². The number of rotatable bonds is 4. The Morgan fingerprint density at radius 2 is 1.06 bits per heavy atom. The smallest absolute Gasteiger partial charge is 0.300 e. The Morgan fingerprint density at radius 1 is 0.812 bits per heavy atom. The number of Topliss-reactive ketones (excluding diaryl/α,β-unsaturated/α-hetero) is 4. The van der Waals surface area contributed by atoms with Gasteiger partial charge >= 0.3 is 5.92 Å². The molecular formula is C10H14F2O4. The summed E-state index contributed by atoms with van der Waals surface area (Å²) in [6.07, 6.45) is 0.0833. The lowest BCUT2D eigenvalue weighted by Gasteiger charge is -2.05. The van der Waals surface area contributed by atoms with Gasteiger partial charge in [-0.3, -0.25) is 19.2 Å². The van der Waals surface area contributed by atoms with Gasteiger partial charge in [0.25, 0.3) is 0 Å². The lowest BCUT2D eigenvalue weighted by molar-refractivity contribution is -0.153. The maximum atomic E-state index is 12.0. The van der Waals surface area contributed by atoms with E-state index in [4.69, 9.17) is 0 Å². The zero-order chi connectivity index (χ0) is 13.5. The van der Waals surface area contributed by atoms with Crippen LogP contribution in [0.15, 0.2) is 0 Å². The van der Waals surface area contributed by atoms with Gasteiger partial charge in [-0.15, -0.1) is 0 Å². The van der Waals surface area contributed by atoms with Crippen molar-refractivity contribution in [3.8, 4) is 0 Å². The van der Waals surface area contributed by atoms with Crippen LogP contribution in [0.1, 0.15) is 34.1 Å². The molecule has 0 saturated carbocycles. The van der Waals surface area contributed by atoms with E-state index < -0.39 is 17.5 Å². The first-order valence-electron chi connectivity index (χ1n) is 4.40. The van der Waals surface area contributed by atoms with Gasteiger partial charge < -0.3 is 0 Å². The summed E-state index contributed by atoms with van der Waals surface area (Å²) in [5.74, 6) is -6.72. The summed E-state index contributed by atoms with van der Waals surface area (Å²) in [6.45, 7) is 4.17. The second-order valence-electron chi connectivity index (χ2n) is 3.27. The lowest BCUT2D eigenvalue weighted by Crippen LogP contribution is -2.33. The molecule has 6 heteroatoms. The summed E-state index contributed by atoms with van der Waals surface area (Å²) in [5.41, 5.74) is 0. The first-order chi connectivity index (χ1) is 7.01. The second-order valence-corrected chi connectivity index (χ2v) is 3.27. The maximum absolute atomic E-state index is 12.0. The molecule has 0 aromatic rings. The van der Waals surface area contributed by atoms with Crippen LogP contribution in [-0.4, -0.2) is 29.1 Å². The van der Waals surface area contributed by atoms with Gasteiger partial charge in [-0.2, -0.15) is 8.78 Å². The highest BCUT2D eigenvalue weighted by Gasteiger charge is 2.40. The monoisotopic (exact) mass is 236 g/mol. The van der Waals surface area contributed by atoms with Crippen molar-refractivity contribution in [3.63, 3.8) is 0 Å². The molecule has 0 saturated heterocycles. The van der Waals surface area contributed by atoms with Gasteiger partial charge in [0.05, 0.1) is 6.42 Å². The molecule has 0 radical (unpaired) electrons. The number of halogens is 2. The van der Waals surface area contributed by atoms with Gasteiger partial charge in [-0.05, 0) is 13.8 Å². The van der Waals surface area contributed by atoms with Crippen molar-refractivity contribution in [2.45, 2.75) is 40.0 Å². The van der Waals surface area contributed by atoms with Crippen molar-refractivity contribution in [1.29, 1.82) is 0 Å². The van der Waals surface area contributed by atoms with E-state index >= 15 is 0 Å². The zero-order valence-corrected chi connectivity index (χ0v) is 9.60. The SMILES string of the molecule is CC(=O)C(F)(F)C(C)=O.CC(=O)CC(C)=O. The highest BCUT2D eigenvalue weighted by molar-refractivity contribution is 6.06. The van der Waals surface area contributed by atoms with E-state index in [0.29, 0.717) is 13.8 Å². The normalized spacial score (nSPS) is 9.88. The second kappa shape index (κ2) is 6.92. The third-order valence-corrected chi connectivity index (χ3v) is 1.38. The van der Waals surface area contributed by atoms with Crippen molar-refractivity contribution in [2.75, 3.05) is 0 Å². The first kappa shape index (κ1) is 17.0. The molecule has 0 amide bonds. The van der Waals surface area contributed by atoms with E-state index in [-0.39, 0.29) is 18.0 Å². The Balaban J connectivity index is 0. The standard InChI is InChI=1S/C5H6F2O2.C5H8O2/c1-3(8)5(6,7)4(2)9;1-4(6)3-5(2)7/h1-2H3;3H2,1-2H3. The molecular weight excluding hydrogens is 222 g/mol. The Labute approximate surface area is 92.0 Å². The van der Waals surface area contributed by atoms with Crippen LogP contribution in [0.3, 0.4) is 0 Å². The fraction of sp³-hybridized carbons (Fsp3) is 0.600. The highest BCUT2D eigenvalue weighted by atomic mass is 19.3. The molecule has 92 valence electrons. The fourth-order valence-electron chi connectivity index (χ4n) is 0.598. The average molecular weight is 236 g/mol. The predicted octanol–water partition coefficient (Wildman–Crippen LogP) is 1.35. The number of carbonyl (C=O) groups excluding carboxylic acids is 4. The summed E-state index contributed by atoms with van der Waals surface area (Å²) >= 11 is 0. The van der Waals surface area contributed by atoms with Crippen molar-refractivity contribution in [2.24, 2.45) is 0 Å². The molecule has 0 rings (SSSR count). The molecule has 0 aliphatic carbocycles. The molecule has 16 heavy (non-hydrogen) atoms. The third-order valence-electron chi connectivity index (χ3n) is 1.38. The Bertz CT molecular complexity index is 280. The summed E-state index contributed by atoms with van der Waals surface area (Å²) in [5, 5.41) is 0. The van der Waals surface area contributed by atoms with Crippen LogP contribution in [-0.2, 0) is 19.2 Å². The minimum absolute atomic E-state index is 0.0625. The molecule has 0 unspecified atom stereocenters. The largest absolute Gasteiger partial charge is 0.361 e. The average Bonchev–Trinajstić information content (AvgIpc) is 2.01. The molecule has 0 aromatic carbocycles. The zero-order valence-electron chi connectivity index (χ0n) is 9.60. The number of alkyl halides is 2. The Kier molecular flexibility index (Phi) is 7.33. The molecule has 0 aliphatic heterocycles. The van der Waals surface area contributed by atoms with Gasteiger partial charge in [0.15, 0.2) is 0 Å². The maximum Gasteiger partial charge on any atom is 0.361 e. The van der Waals surface area contributed by atoms with E-state index in [9.17, 15) is 28.0 Å². The van der Waals surface area contributed by atoms with Crippen LogP contribution in [0.4, 0.5) is 8.78 Å². The molecule has 0 heterocycles. The third kappa shape index (κ3) is 7.90. The highest BCUT2D eigenvalue weighted by Crippen LogP contribution is 2.14. The molecule has 0 fully saturated rings. The van der Waals surface area contributed by atoms with Gasteiger partial charge in [0, 0.05) is 13.8 Å². The molecule has 0 bridgehead atoms. The van der Waals surface area contributed by atoms with E-state index in [1.165, 1.54) is 13.8 Å². The Morgan fingerprint density at radius 3 is 1.06 bits per heavy atom. The fourth-order valence-corrected chi connectivity index (χ4v) is 0.598. The van der Waals surface area contributed by atoms with Gasteiger partial charge in [-0.1, -0.05) is 0 Å². The van der Waals surface area contributed by atoms with Crippen molar-refractivity contribution in [3.05, 3.63) is 0 Å². The minimum atomic E-state index is -3.78. The minimum Gasteiger partial charge on any atom is -0.300 e. The van der Waals surface area contributed by atoms with E-state index in [1.54, 1.807) is 0 Å². The topological polar surface area (TPSA) is 68.3 Å². The molecule has 0 N–H and O–H groups in total. The summed E-state index contributed by atoms with van der Waals surface area (Å²) in [6, 6.07) is 0. The summed E-state index contributed by atoms with van der Waals surface area (Å²) in [4.78, 5) is 39.9. The molecule has 0 spiro atoms. The van der Waals surface area contributed by atoms with E-state index in [1.807, 2.05) is 0 Å². The summed E-state index contributed by atoms with van der Waals surface area (Å²) < 4.78 is 23.9. The van der Waals surface area contributed by atoms with Crippen LogP contribution in [0, 0.1) is 0 Å². The van der Waals surface area contributed by atoms with Crippen LogP contribution in [0.5, 0.6) is 0 Å². The molecule has 0 aliphatic rings. The van der Waals surface area contributed by atoms with Crippen LogP contribution >= 0.6 is 0 Å². The number of ketones is 4. The molecule has 4 nitrogen and oxygen atoms in total. The van der Waals surface area contributed by atoms with E-state index in [2.05, 4.69) is 0 Å². The van der Waals surface area contributed by atoms with Crippen LogP contribution in [0.25, 0.3) is 0 Å². The van der Waals surface area contributed by atoms with Crippen LogP contribution < -0.4 is 0 Å². The number of carbonyl (C=O) groups is 4. The Hall–Kier alpha value is -1.46. The number of hydrogen-bond donors (Lipinski definition) is 0. The van der Waals surface area contributed by atoms with Crippen molar-refractivity contribution < 1.29 is 28.0 Å². The molecule has 0 atom stereocenters. The van der Waals surface area contributed by atoms with Gasteiger partial charge in [-0.25, -0.2) is 0 Å². The molecule has 0 aromatic heterocycles. The van der Waals surface area contributed by atoms with Crippen molar-refractivity contribution >= 4 is 23.1 Å². The van der Waals surface area contributed by atoms with Gasteiger partial charge in [0.2, 0.25) is 11.6 Å². The summed E-state index contributed by atoms with van der Waals surface area (Å²) in [7, 11) is 0. The van der Waals surface area contributed by atoms with E-state index in [0.717, 1.165) is 0 Å². The van der Waals surface area contributed by atoms with Gasteiger partial charge in [0.1, 0.15) is 11.6 Å². The van der Waals surface area contributed by atoms with Crippen LogP contribution in [0.2, 0.25) is 0 Å². The first-order valence-corrected chi connectivity index (χ1v) is 4.40. The lowest BCUT2D eigenvalue weighted by atomic mass is 10.2. The quantitative estimate of drug-likeness (QED) is 0.691.